The third kappa shape index (κ3) is 6.45. The van der Waals surface area contributed by atoms with Crippen molar-refractivity contribution < 1.29 is 28.6 Å². The highest BCUT2D eigenvalue weighted by Crippen LogP contribution is 2.56. The number of nitrogens with one attached hydrogen (secondary N) is 1. The largest absolute Gasteiger partial charge is 0.465 e. The fourth-order valence-electron chi connectivity index (χ4n) is 3.51. The predicted octanol–water partition coefficient (Wildman–Crippen LogP) is 4.18. The van der Waals surface area contributed by atoms with E-state index in [4.69, 9.17) is 14.2 Å². The fraction of sp³-hybridized carbons (Fsp3) is 0.727. The summed E-state index contributed by atoms with van der Waals surface area (Å²) in [4.78, 5) is 45.9. The third-order valence-corrected chi connectivity index (χ3v) is 4.89. The van der Waals surface area contributed by atoms with Gasteiger partial charge in [0, 0.05) is 12.7 Å². The third-order valence-electron chi connectivity index (χ3n) is 4.89. The number of imide groups is 1. The zero-order chi connectivity index (χ0) is 23.4. The van der Waals surface area contributed by atoms with Gasteiger partial charge in [-0.25, -0.2) is 19.5 Å². The van der Waals surface area contributed by atoms with Gasteiger partial charge in [-0.05, 0) is 73.6 Å². The molecule has 1 fully saturated rings. The van der Waals surface area contributed by atoms with E-state index in [1.165, 1.54) is 0 Å². The molecule has 0 saturated heterocycles. The van der Waals surface area contributed by atoms with Gasteiger partial charge in [-0.3, -0.25) is 4.79 Å². The highest BCUT2D eigenvalue weighted by atomic mass is 16.6. The molecule has 1 saturated carbocycles. The first-order chi connectivity index (χ1) is 14.3. The summed E-state index contributed by atoms with van der Waals surface area (Å²) in [6.45, 7) is 12.6. The van der Waals surface area contributed by atoms with Gasteiger partial charge in [0.2, 0.25) is 0 Å². The molecule has 0 spiro atoms. The highest BCUT2D eigenvalue weighted by Gasteiger charge is 2.62. The molecule has 1 N–H and O–H groups in total. The molecule has 0 bridgehead atoms. The molecule has 9 heteroatoms. The van der Waals surface area contributed by atoms with Gasteiger partial charge in [-0.1, -0.05) is 0 Å². The second-order valence-corrected chi connectivity index (χ2v) is 9.81. The van der Waals surface area contributed by atoms with Crippen LogP contribution in [0.2, 0.25) is 0 Å². The summed E-state index contributed by atoms with van der Waals surface area (Å²) in [6, 6.07) is 0. The molecule has 0 aromatic carbocycles. The molecule has 1 aliphatic carbocycles. The van der Waals surface area contributed by atoms with E-state index in [9.17, 15) is 14.4 Å². The van der Waals surface area contributed by atoms with Crippen LogP contribution in [0.1, 0.15) is 73.4 Å². The van der Waals surface area contributed by atoms with Crippen molar-refractivity contribution in [2.75, 3.05) is 13.2 Å². The summed E-state index contributed by atoms with van der Waals surface area (Å²) in [5.74, 6) is -0.244. The molecule has 9 nitrogen and oxygen atoms in total. The van der Waals surface area contributed by atoms with Gasteiger partial charge in [0.25, 0.3) is 0 Å². The van der Waals surface area contributed by atoms with Crippen LogP contribution in [0.4, 0.5) is 9.59 Å². The summed E-state index contributed by atoms with van der Waals surface area (Å²) in [7, 11) is 0. The molecule has 0 unspecified atom stereocenters. The van der Waals surface area contributed by atoms with E-state index in [2.05, 4.69) is 9.97 Å². The van der Waals surface area contributed by atoms with E-state index >= 15 is 0 Å². The van der Waals surface area contributed by atoms with Crippen molar-refractivity contribution >= 4 is 18.2 Å². The van der Waals surface area contributed by atoms with Crippen molar-refractivity contribution in [1.82, 2.24) is 14.9 Å². The number of hydrogen-bond acceptors (Lipinski definition) is 7. The molecule has 2 amide bonds. The Bertz CT molecular complexity index is 750. The van der Waals surface area contributed by atoms with Gasteiger partial charge >= 0.3 is 18.2 Å². The molecule has 1 aromatic heterocycles. The Labute approximate surface area is 183 Å². The maximum atomic E-state index is 12.6. The maximum absolute atomic E-state index is 12.6. The molecule has 1 aliphatic rings. The molecule has 0 radical (unpaired) electrons. The van der Waals surface area contributed by atoms with Crippen LogP contribution >= 0.6 is 0 Å². The molecule has 0 aliphatic heterocycles. The van der Waals surface area contributed by atoms with E-state index in [-0.39, 0.29) is 18.4 Å². The van der Waals surface area contributed by atoms with Gasteiger partial charge in [-0.2, -0.15) is 0 Å². The number of esters is 1. The molecule has 174 valence electrons. The highest BCUT2D eigenvalue weighted by molar-refractivity contribution is 5.88. The summed E-state index contributed by atoms with van der Waals surface area (Å²) < 4.78 is 16.0. The van der Waals surface area contributed by atoms with Gasteiger partial charge in [-0.15, -0.1) is 0 Å². The van der Waals surface area contributed by atoms with Crippen molar-refractivity contribution in [2.45, 2.75) is 84.3 Å². The fourth-order valence-corrected chi connectivity index (χ4v) is 3.51. The van der Waals surface area contributed by atoms with E-state index < -0.39 is 28.8 Å². The van der Waals surface area contributed by atoms with E-state index in [1.807, 2.05) is 0 Å². The number of imidazole rings is 1. The molecule has 2 atom stereocenters. The van der Waals surface area contributed by atoms with Crippen molar-refractivity contribution in [3.8, 4) is 0 Å². The molecular weight excluding hydrogens is 402 g/mol. The normalized spacial score (nSPS) is 20.7. The van der Waals surface area contributed by atoms with Crippen LogP contribution in [0, 0.1) is 5.92 Å². The number of carbonyl (C=O) groups is 3. The van der Waals surface area contributed by atoms with Crippen LogP contribution in [0.3, 0.4) is 0 Å². The average Bonchev–Trinajstić information content (AvgIpc) is 3.06. The lowest BCUT2D eigenvalue weighted by Gasteiger charge is -2.28. The average molecular weight is 438 g/mol. The lowest BCUT2D eigenvalue weighted by molar-refractivity contribution is -0.146. The minimum absolute atomic E-state index is 0.0334. The number of ether oxygens (including phenoxy) is 3. The van der Waals surface area contributed by atoms with Crippen molar-refractivity contribution in [3.05, 3.63) is 18.2 Å². The van der Waals surface area contributed by atoms with Crippen LogP contribution in [0.25, 0.3) is 0 Å². The Morgan fingerprint density at radius 3 is 2.16 bits per heavy atom. The lowest BCUT2D eigenvalue weighted by Crippen LogP contribution is -2.44. The molecule has 2 rings (SSSR count). The molecule has 1 heterocycles. The number of H-pyrrole nitrogens is 1. The van der Waals surface area contributed by atoms with Gasteiger partial charge in [0.1, 0.15) is 16.6 Å². The Hall–Kier alpha value is -2.58. The molecular formula is C22H35N3O6. The van der Waals surface area contributed by atoms with E-state index in [0.29, 0.717) is 25.9 Å². The van der Waals surface area contributed by atoms with Crippen molar-refractivity contribution in [1.29, 1.82) is 0 Å². The number of aromatic amines is 1. The predicted molar refractivity (Wildman–Crippen MR) is 113 cm³/mol. The first-order valence-electron chi connectivity index (χ1n) is 10.7. The van der Waals surface area contributed by atoms with Gasteiger partial charge in [0.15, 0.2) is 0 Å². The second kappa shape index (κ2) is 9.28. The number of carbonyl (C=O) groups excluding carboxylic acids is 3. The summed E-state index contributed by atoms with van der Waals surface area (Å²) in [6.07, 6.45) is 3.44. The second-order valence-electron chi connectivity index (χ2n) is 9.81. The minimum Gasteiger partial charge on any atom is -0.465 e. The zero-order valence-corrected chi connectivity index (χ0v) is 19.6. The summed E-state index contributed by atoms with van der Waals surface area (Å²) in [5.41, 5.74) is -1.50. The number of nitrogens with zero attached hydrogens (tertiary/aromatic N) is 2. The van der Waals surface area contributed by atoms with E-state index in [1.54, 1.807) is 61.0 Å². The molecule has 31 heavy (non-hydrogen) atoms. The smallest absolute Gasteiger partial charge is 0.419 e. The standard InChI is InChI=1S/C22H35N3O6/c1-8-29-17(26)22(16-13-23-14-24-16)12-15(22)10-9-11-25(18(27)30-20(2,3)4)19(28)31-21(5,6)7/h13-15H,8-12H2,1-7H3,(H,23,24)/t15-,22+/m0/s1. The number of amides is 2. The maximum Gasteiger partial charge on any atom is 0.419 e. The van der Waals surface area contributed by atoms with Crippen LogP contribution in [-0.4, -0.2) is 57.4 Å². The SMILES string of the molecule is CCOC(=O)[C@]1(c2cnc[nH]2)C[C@@H]1CCCN(C(=O)OC(C)(C)C)C(=O)OC(C)(C)C. The quantitative estimate of drug-likeness (QED) is 0.503. The Balaban J connectivity index is 2.05. The summed E-state index contributed by atoms with van der Waals surface area (Å²) >= 11 is 0. The zero-order valence-electron chi connectivity index (χ0n) is 19.6. The topological polar surface area (TPSA) is 111 Å². The van der Waals surface area contributed by atoms with Gasteiger partial charge < -0.3 is 19.2 Å². The summed E-state index contributed by atoms with van der Waals surface area (Å²) in [5, 5.41) is 0. The monoisotopic (exact) mass is 437 g/mol. The number of aromatic nitrogens is 2. The van der Waals surface area contributed by atoms with Crippen LogP contribution < -0.4 is 0 Å². The number of rotatable bonds is 7. The Kier molecular flexibility index (Phi) is 7.39. The van der Waals surface area contributed by atoms with Crippen molar-refractivity contribution in [2.24, 2.45) is 5.92 Å². The Morgan fingerprint density at radius 1 is 1.13 bits per heavy atom. The molecule has 1 aromatic rings. The first-order valence-corrected chi connectivity index (χ1v) is 10.7. The number of hydrogen-bond donors (Lipinski definition) is 1. The van der Waals surface area contributed by atoms with Crippen LogP contribution in [0.15, 0.2) is 12.5 Å². The Morgan fingerprint density at radius 2 is 1.71 bits per heavy atom. The first kappa shape index (κ1) is 24.7. The van der Waals surface area contributed by atoms with E-state index in [0.717, 1.165) is 10.6 Å². The van der Waals surface area contributed by atoms with Gasteiger partial charge in [0.05, 0.1) is 18.6 Å². The van der Waals surface area contributed by atoms with Crippen LogP contribution in [-0.2, 0) is 24.4 Å². The van der Waals surface area contributed by atoms with Crippen molar-refractivity contribution in [3.63, 3.8) is 0 Å². The minimum atomic E-state index is -0.747. The van der Waals surface area contributed by atoms with Crippen LogP contribution in [0.5, 0.6) is 0 Å². The lowest BCUT2D eigenvalue weighted by atomic mass is 9.97.